The molecule has 0 spiro atoms. The number of hydrogen-bond donors (Lipinski definition) is 0. The third-order valence-corrected chi connectivity index (χ3v) is 5.85. The topological polar surface area (TPSA) is 67.2 Å². The zero-order valence-electron chi connectivity index (χ0n) is 16.1. The summed E-state index contributed by atoms with van der Waals surface area (Å²) in [5, 5.41) is 8.13. The van der Waals surface area contributed by atoms with Crippen molar-refractivity contribution in [1.29, 1.82) is 0 Å². The van der Waals surface area contributed by atoms with Crippen molar-refractivity contribution in [2.24, 2.45) is 5.92 Å². The lowest BCUT2D eigenvalue weighted by molar-refractivity contribution is 0.0586. The Balaban J connectivity index is 1.41. The van der Waals surface area contributed by atoms with Crippen LogP contribution in [0.15, 0.2) is 48.8 Å². The SMILES string of the molecule is Cc1cccc(N2C[C@@H]3CCN(C(=O)c4c(F)cccc4-n4nccn4)C[C@@H]32)n1. The van der Waals surface area contributed by atoms with Gasteiger partial charge in [0.25, 0.3) is 5.91 Å². The number of carbonyl (C=O) groups excluding carboxylic acids is 1. The molecule has 0 unspecified atom stereocenters. The van der Waals surface area contributed by atoms with Crippen molar-refractivity contribution in [3.8, 4) is 5.69 Å². The Kier molecular flexibility index (Phi) is 4.26. The summed E-state index contributed by atoms with van der Waals surface area (Å²) in [5.41, 5.74) is 1.34. The van der Waals surface area contributed by atoms with E-state index in [1.807, 2.05) is 25.1 Å². The monoisotopic (exact) mass is 392 g/mol. The number of piperidine rings is 1. The van der Waals surface area contributed by atoms with Crippen LogP contribution < -0.4 is 4.90 Å². The molecule has 8 heteroatoms. The van der Waals surface area contributed by atoms with E-state index in [0.29, 0.717) is 24.7 Å². The number of aromatic nitrogens is 4. The van der Waals surface area contributed by atoms with Gasteiger partial charge in [0.2, 0.25) is 0 Å². The molecule has 1 aromatic carbocycles. The zero-order chi connectivity index (χ0) is 20.0. The molecule has 5 rings (SSSR count). The predicted molar refractivity (Wildman–Crippen MR) is 105 cm³/mol. The molecule has 2 atom stereocenters. The summed E-state index contributed by atoms with van der Waals surface area (Å²) in [6.45, 7) is 4.10. The molecule has 148 valence electrons. The molecule has 3 aromatic rings. The quantitative estimate of drug-likeness (QED) is 0.685. The maximum atomic E-state index is 14.7. The standard InChI is InChI=1S/C21H21FN6O/c1-14-4-2-7-19(25-14)27-12-15-8-11-26(13-18(15)27)21(29)20-16(22)5-3-6-17(20)28-23-9-10-24-28/h2-7,9-10,15,18H,8,11-13H2,1H3/t15-,18-/m0/s1. The van der Waals surface area contributed by atoms with Crippen LogP contribution in [0.1, 0.15) is 22.5 Å². The van der Waals surface area contributed by atoms with Gasteiger partial charge in [-0.2, -0.15) is 15.0 Å². The first-order valence-corrected chi connectivity index (χ1v) is 9.76. The number of fused-ring (bicyclic) bond motifs is 1. The molecule has 4 heterocycles. The van der Waals surface area contributed by atoms with E-state index in [9.17, 15) is 9.18 Å². The molecule has 2 aliphatic heterocycles. The van der Waals surface area contributed by atoms with E-state index in [1.165, 1.54) is 23.3 Å². The van der Waals surface area contributed by atoms with E-state index in [2.05, 4.69) is 20.1 Å². The van der Waals surface area contributed by atoms with Crippen molar-refractivity contribution in [2.45, 2.75) is 19.4 Å². The fourth-order valence-corrected chi connectivity index (χ4v) is 4.32. The molecule has 29 heavy (non-hydrogen) atoms. The molecule has 1 amide bonds. The number of amides is 1. The number of benzene rings is 1. The highest BCUT2D eigenvalue weighted by molar-refractivity contribution is 5.98. The van der Waals surface area contributed by atoms with Gasteiger partial charge in [-0.3, -0.25) is 4.79 Å². The van der Waals surface area contributed by atoms with Gasteiger partial charge >= 0.3 is 0 Å². The van der Waals surface area contributed by atoms with E-state index >= 15 is 0 Å². The second-order valence-corrected chi connectivity index (χ2v) is 7.61. The molecule has 0 bridgehead atoms. The van der Waals surface area contributed by atoms with Gasteiger partial charge in [0, 0.05) is 31.2 Å². The number of hydrogen-bond acceptors (Lipinski definition) is 5. The molecule has 0 N–H and O–H groups in total. The van der Waals surface area contributed by atoms with Gasteiger partial charge in [0.1, 0.15) is 22.9 Å². The Labute approximate surface area is 167 Å². The van der Waals surface area contributed by atoms with Crippen molar-refractivity contribution in [2.75, 3.05) is 24.5 Å². The summed E-state index contributed by atoms with van der Waals surface area (Å²) in [6, 6.07) is 10.7. The Morgan fingerprint density at radius 1 is 1.10 bits per heavy atom. The van der Waals surface area contributed by atoms with E-state index in [4.69, 9.17) is 0 Å². The van der Waals surface area contributed by atoms with Gasteiger partial charge in [-0.15, -0.1) is 0 Å². The lowest BCUT2D eigenvalue weighted by atomic mass is 9.82. The van der Waals surface area contributed by atoms with Crippen LogP contribution in [0.25, 0.3) is 5.69 Å². The highest BCUT2D eigenvalue weighted by Crippen LogP contribution is 2.36. The summed E-state index contributed by atoms with van der Waals surface area (Å²) in [7, 11) is 0. The molecule has 2 saturated heterocycles. The number of aryl methyl sites for hydroxylation is 1. The van der Waals surface area contributed by atoms with Gasteiger partial charge in [-0.25, -0.2) is 9.37 Å². The molecule has 0 aliphatic carbocycles. The minimum atomic E-state index is -0.558. The van der Waals surface area contributed by atoms with Gasteiger partial charge in [0.05, 0.1) is 18.4 Å². The Bertz CT molecular complexity index is 1050. The summed E-state index contributed by atoms with van der Waals surface area (Å²) >= 11 is 0. The van der Waals surface area contributed by atoms with E-state index in [-0.39, 0.29) is 17.5 Å². The average molecular weight is 392 g/mol. The molecule has 0 saturated carbocycles. The first-order valence-electron chi connectivity index (χ1n) is 9.76. The van der Waals surface area contributed by atoms with E-state index in [0.717, 1.165) is 24.5 Å². The van der Waals surface area contributed by atoms with Gasteiger partial charge in [-0.1, -0.05) is 12.1 Å². The maximum Gasteiger partial charge on any atom is 0.259 e. The number of nitrogens with zero attached hydrogens (tertiary/aromatic N) is 6. The Morgan fingerprint density at radius 2 is 1.90 bits per heavy atom. The minimum Gasteiger partial charge on any atom is -0.351 e. The molecule has 2 aliphatic rings. The highest BCUT2D eigenvalue weighted by atomic mass is 19.1. The molecular formula is C21H21FN6O. The molecular weight excluding hydrogens is 371 g/mol. The summed E-state index contributed by atoms with van der Waals surface area (Å²) in [5.74, 6) is 0.595. The number of anilines is 1. The van der Waals surface area contributed by atoms with Crippen LogP contribution >= 0.6 is 0 Å². The number of pyridine rings is 1. The van der Waals surface area contributed by atoms with Crippen molar-refractivity contribution in [3.63, 3.8) is 0 Å². The van der Waals surface area contributed by atoms with Crippen molar-refractivity contribution in [1.82, 2.24) is 24.9 Å². The van der Waals surface area contributed by atoms with Crippen molar-refractivity contribution in [3.05, 3.63) is 65.9 Å². The zero-order valence-corrected chi connectivity index (χ0v) is 16.1. The third kappa shape index (κ3) is 3.04. The number of carbonyl (C=O) groups is 1. The second-order valence-electron chi connectivity index (χ2n) is 7.61. The fourth-order valence-electron chi connectivity index (χ4n) is 4.32. The van der Waals surface area contributed by atoms with Gasteiger partial charge in [-0.05, 0) is 37.6 Å². The maximum absolute atomic E-state index is 14.7. The molecule has 2 aromatic heterocycles. The van der Waals surface area contributed by atoms with Crippen LogP contribution in [0.5, 0.6) is 0 Å². The second kappa shape index (κ2) is 6.95. The van der Waals surface area contributed by atoms with Crippen LogP contribution in [-0.4, -0.2) is 56.5 Å². The Morgan fingerprint density at radius 3 is 2.69 bits per heavy atom. The normalized spacial score (nSPS) is 20.9. The number of rotatable bonds is 3. The van der Waals surface area contributed by atoms with Crippen LogP contribution in [0.3, 0.4) is 0 Å². The third-order valence-electron chi connectivity index (χ3n) is 5.85. The van der Waals surface area contributed by atoms with Crippen LogP contribution in [0, 0.1) is 18.7 Å². The number of likely N-dealkylation sites (tertiary alicyclic amines) is 1. The smallest absolute Gasteiger partial charge is 0.259 e. The van der Waals surface area contributed by atoms with Crippen LogP contribution in [0.2, 0.25) is 0 Å². The first-order chi connectivity index (χ1) is 14.1. The first kappa shape index (κ1) is 17.8. The van der Waals surface area contributed by atoms with Crippen LogP contribution in [-0.2, 0) is 0 Å². The average Bonchev–Trinajstić information content (AvgIpc) is 3.23. The molecule has 2 fully saturated rings. The summed E-state index contributed by atoms with van der Waals surface area (Å²) in [4.78, 5) is 23.2. The van der Waals surface area contributed by atoms with Crippen molar-refractivity contribution < 1.29 is 9.18 Å². The lowest BCUT2D eigenvalue weighted by Crippen LogP contribution is -2.65. The minimum absolute atomic E-state index is 0.0155. The highest BCUT2D eigenvalue weighted by Gasteiger charge is 2.44. The van der Waals surface area contributed by atoms with E-state index in [1.54, 1.807) is 17.0 Å². The fraction of sp³-hybridized carbons (Fsp3) is 0.333. The Hall–Kier alpha value is -3.29. The summed E-state index contributed by atoms with van der Waals surface area (Å²) in [6.07, 6.45) is 3.92. The largest absolute Gasteiger partial charge is 0.351 e. The van der Waals surface area contributed by atoms with Crippen molar-refractivity contribution >= 4 is 11.7 Å². The van der Waals surface area contributed by atoms with Gasteiger partial charge in [0.15, 0.2) is 0 Å². The molecule has 7 nitrogen and oxygen atoms in total. The lowest BCUT2D eigenvalue weighted by Gasteiger charge is -2.54. The van der Waals surface area contributed by atoms with Crippen LogP contribution in [0.4, 0.5) is 10.2 Å². The van der Waals surface area contributed by atoms with E-state index < -0.39 is 5.82 Å². The van der Waals surface area contributed by atoms with Gasteiger partial charge < -0.3 is 9.80 Å². The molecule has 0 radical (unpaired) electrons. The number of halogens is 1. The summed E-state index contributed by atoms with van der Waals surface area (Å²) < 4.78 is 14.7. The predicted octanol–water partition coefficient (Wildman–Crippen LogP) is 2.46.